The van der Waals surface area contributed by atoms with Gasteiger partial charge in [-0.1, -0.05) is 48.5 Å². The predicted molar refractivity (Wildman–Crippen MR) is 91.6 cm³/mol. The molecule has 0 N–H and O–H groups in total. The van der Waals surface area contributed by atoms with Crippen LogP contribution in [0, 0.1) is 10.1 Å². The van der Waals surface area contributed by atoms with Crippen molar-refractivity contribution in [2.75, 3.05) is 0 Å². The molecule has 4 rings (SSSR count). The van der Waals surface area contributed by atoms with E-state index in [2.05, 4.69) is 22.8 Å². The molecule has 0 radical (unpaired) electrons. The van der Waals surface area contributed by atoms with E-state index in [-0.39, 0.29) is 10.6 Å². The van der Waals surface area contributed by atoms with Gasteiger partial charge in [-0.05, 0) is 17.7 Å². The van der Waals surface area contributed by atoms with E-state index >= 15 is 0 Å². The van der Waals surface area contributed by atoms with Gasteiger partial charge in [-0.25, -0.2) is 0 Å². The Bertz CT molecular complexity index is 1020. The maximum absolute atomic E-state index is 11.1. The highest BCUT2D eigenvalue weighted by Crippen LogP contribution is 2.32. The normalized spacial score (nSPS) is 11.1. The molecule has 0 fully saturated rings. The van der Waals surface area contributed by atoms with E-state index in [0.717, 1.165) is 28.4 Å². The molecule has 0 bridgehead atoms. The first kappa shape index (κ1) is 13.5. The van der Waals surface area contributed by atoms with Crippen LogP contribution in [0.5, 0.6) is 0 Å². The fourth-order valence-corrected chi connectivity index (χ4v) is 3.09. The van der Waals surface area contributed by atoms with Crippen molar-refractivity contribution >= 4 is 27.5 Å². The van der Waals surface area contributed by atoms with Gasteiger partial charge in [-0.3, -0.25) is 10.1 Å². The van der Waals surface area contributed by atoms with Crippen molar-refractivity contribution in [1.82, 2.24) is 4.57 Å². The number of benzene rings is 3. The second kappa shape index (κ2) is 5.25. The SMILES string of the molecule is O=[N+]([O-])c1ccc2c(c1)c1ccccc1n2Cc1ccccc1. The summed E-state index contributed by atoms with van der Waals surface area (Å²) < 4.78 is 2.21. The van der Waals surface area contributed by atoms with E-state index in [1.165, 1.54) is 5.56 Å². The van der Waals surface area contributed by atoms with Gasteiger partial charge in [0.25, 0.3) is 5.69 Å². The molecule has 23 heavy (non-hydrogen) atoms. The maximum Gasteiger partial charge on any atom is 0.270 e. The largest absolute Gasteiger partial charge is 0.336 e. The zero-order valence-electron chi connectivity index (χ0n) is 12.3. The minimum atomic E-state index is -0.344. The van der Waals surface area contributed by atoms with Gasteiger partial charge in [0, 0.05) is 40.5 Å². The van der Waals surface area contributed by atoms with Crippen LogP contribution in [0.15, 0.2) is 72.8 Å². The minimum Gasteiger partial charge on any atom is -0.336 e. The first-order valence-electron chi connectivity index (χ1n) is 7.43. The molecule has 3 aromatic carbocycles. The summed E-state index contributed by atoms with van der Waals surface area (Å²) in [4.78, 5) is 10.7. The Hall–Kier alpha value is -3.14. The molecule has 0 saturated heterocycles. The molecular weight excluding hydrogens is 288 g/mol. The minimum absolute atomic E-state index is 0.125. The molecule has 0 spiro atoms. The average Bonchev–Trinajstić information content (AvgIpc) is 2.90. The third-order valence-corrected chi connectivity index (χ3v) is 4.15. The van der Waals surface area contributed by atoms with Gasteiger partial charge >= 0.3 is 0 Å². The number of nitro benzene ring substituents is 1. The fourth-order valence-electron chi connectivity index (χ4n) is 3.09. The molecule has 0 unspecified atom stereocenters. The van der Waals surface area contributed by atoms with Crippen LogP contribution < -0.4 is 0 Å². The lowest BCUT2D eigenvalue weighted by atomic mass is 10.1. The molecule has 4 aromatic rings. The van der Waals surface area contributed by atoms with Crippen LogP contribution in [-0.2, 0) is 6.54 Å². The third kappa shape index (κ3) is 2.25. The quantitative estimate of drug-likeness (QED) is 0.405. The smallest absolute Gasteiger partial charge is 0.270 e. The van der Waals surface area contributed by atoms with Crippen LogP contribution in [-0.4, -0.2) is 9.49 Å². The zero-order valence-corrected chi connectivity index (χ0v) is 12.3. The van der Waals surface area contributed by atoms with Gasteiger partial charge in [0.15, 0.2) is 0 Å². The van der Waals surface area contributed by atoms with Crippen molar-refractivity contribution in [2.24, 2.45) is 0 Å². The second-order valence-corrected chi connectivity index (χ2v) is 5.55. The van der Waals surface area contributed by atoms with Crippen LogP contribution in [0.4, 0.5) is 5.69 Å². The summed E-state index contributed by atoms with van der Waals surface area (Å²) in [5.74, 6) is 0. The first-order chi connectivity index (χ1) is 11.2. The Morgan fingerprint density at radius 3 is 2.30 bits per heavy atom. The highest BCUT2D eigenvalue weighted by Gasteiger charge is 2.14. The lowest BCUT2D eigenvalue weighted by Crippen LogP contribution is -1.99. The van der Waals surface area contributed by atoms with Gasteiger partial charge in [-0.15, -0.1) is 0 Å². The van der Waals surface area contributed by atoms with Crippen molar-refractivity contribution in [1.29, 1.82) is 0 Å². The van der Waals surface area contributed by atoms with Crippen LogP contribution in [0.25, 0.3) is 21.8 Å². The number of aromatic nitrogens is 1. The number of nitro groups is 1. The van der Waals surface area contributed by atoms with Gasteiger partial charge < -0.3 is 4.57 Å². The molecule has 4 heteroatoms. The molecule has 0 atom stereocenters. The topological polar surface area (TPSA) is 48.1 Å². The van der Waals surface area contributed by atoms with Gasteiger partial charge in [0.05, 0.1) is 4.92 Å². The molecule has 4 nitrogen and oxygen atoms in total. The predicted octanol–water partition coefficient (Wildman–Crippen LogP) is 4.75. The van der Waals surface area contributed by atoms with Crippen molar-refractivity contribution in [3.63, 3.8) is 0 Å². The van der Waals surface area contributed by atoms with Crippen molar-refractivity contribution in [3.8, 4) is 0 Å². The Labute approximate surface area is 132 Å². The molecule has 0 aliphatic heterocycles. The summed E-state index contributed by atoms with van der Waals surface area (Å²) in [6.07, 6.45) is 0. The summed E-state index contributed by atoms with van der Waals surface area (Å²) in [6, 6.07) is 23.3. The fraction of sp³-hybridized carbons (Fsp3) is 0.0526. The van der Waals surface area contributed by atoms with Crippen LogP contribution in [0.1, 0.15) is 5.56 Å². The monoisotopic (exact) mass is 302 g/mol. The molecule has 1 heterocycles. The molecule has 112 valence electrons. The lowest BCUT2D eigenvalue weighted by molar-refractivity contribution is -0.384. The van der Waals surface area contributed by atoms with E-state index < -0.39 is 0 Å². The van der Waals surface area contributed by atoms with Crippen molar-refractivity contribution in [2.45, 2.75) is 6.54 Å². The highest BCUT2D eigenvalue weighted by molar-refractivity contribution is 6.08. The number of hydrogen-bond acceptors (Lipinski definition) is 2. The molecule has 0 amide bonds. The average molecular weight is 302 g/mol. The molecule has 1 aromatic heterocycles. The van der Waals surface area contributed by atoms with Gasteiger partial charge in [-0.2, -0.15) is 0 Å². The molecule has 0 aliphatic carbocycles. The molecule has 0 saturated carbocycles. The summed E-state index contributed by atoms with van der Waals surface area (Å²) in [6.45, 7) is 0.739. The third-order valence-electron chi connectivity index (χ3n) is 4.15. The second-order valence-electron chi connectivity index (χ2n) is 5.55. The molecule has 0 aliphatic rings. The lowest BCUT2D eigenvalue weighted by Gasteiger charge is -2.07. The standard InChI is InChI=1S/C19H14N2O2/c22-21(23)15-10-11-19-17(12-15)16-8-4-5-9-18(16)20(19)13-14-6-2-1-3-7-14/h1-12H,13H2. The van der Waals surface area contributed by atoms with E-state index in [9.17, 15) is 10.1 Å². The number of fused-ring (bicyclic) bond motifs is 3. The van der Waals surface area contributed by atoms with E-state index in [4.69, 9.17) is 0 Å². The maximum atomic E-state index is 11.1. The number of rotatable bonds is 3. The number of hydrogen-bond donors (Lipinski definition) is 0. The van der Waals surface area contributed by atoms with Crippen LogP contribution in [0.2, 0.25) is 0 Å². The summed E-state index contributed by atoms with van der Waals surface area (Å²) in [5, 5.41) is 13.0. The molecular formula is C19H14N2O2. The number of non-ortho nitro benzene ring substituents is 1. The van der Waals surface area contributed by atoms with Crippen LogP contribution in [0.3, 0.4) is 0 Å². The summed E-state index contributed by atoms with van der Waals surface area (Å²) >= 11 is 0. The Balaban J connectivity index is 1.99. The Kier molecular flexibility index (Phi) is 3.08. The Morgan fingerprint density at radius 2 is 1.52 bits per heavy atom. The van der Waals surface area contributed by atoms with Crippen LogP contribution >= 0.6 is 0 Å². The zero-order chi connectivity index (χ0) is 15.8. The highest BCUT2D eigenvalue weighted by atomic mass is 16.6. The number of nitrogens with zero attached hydrogens (tertiary/aromatic N) is 2. The number of para-hydroxylation sites is 1. The van der Waals surface area contributed by atoms with E-state index in [0.29, 0.717) is 0 Å². The van der Waals surface area contributed by atoms with Crippen molar-refractivity contribution < 1.29 is 4.92 Å². The first-order valence-corrected chi connectivity index (χ1v) is 7.43. The van der Waals surface area contributed by atoms with E-state index in [1.54, 1.807) is 12.1 Å². The van der Waals surface area contributed by atoms with Gasteiger partial charge in [0.1, 0.15) is 0 Å². The summed E-state index contributed by atoms with van der Waals surface area (Å²) in [7, 11) is 0. The van der Waals surface area contributed by atoms with Crippen molar-refractivity contribution in [3.05, 3.63) is 88.5 Å². The summed E-state index contributed by atoms with van der Waals surface area (Å²) in [5.41, 5.74) is 3.43. The Morgan fingerprint density at radius 1 is 0.826 bits per heavy atom. The van der Waals surface area contributed by atoms with E-state index in [1.807, 2.05) is 42.5 Å². The van der Waals surface area contributed by atoms with Gasteiger partial charge in [0.2, 0.25) is 0 Å².